The normalized spacial score (nSPS) is 22.2. The summed E-state index contributed by atoms with van der Waals surface area (Å²) >= 11 is 3.42. The second kappa shape index (κ2) is 7.44. The summed E-state index contributed by atoms with van der Waals surface area (Å²) in [4.78, 5) is 26.2. The van der Waals surface area contributed by atoms with Gasteiger partial charge in [0.05, 0.1) is 24.7 Å². The maximum Gasteiger partial charge on any atom is 0.337 e. The van der Waals surface area contributed by atoms with Crippen LogP contribution in [0.15, 0.2) is 51.7 Å². The molecule has 4 rings (SSSR count). The number of piperidine rings is 1. The smallest absolute Gasteiger partial charge is 0.337 e. The highest BCUT2D eigenvalue weighted by atomic mass is 79.9. The van der Waals surface area contributed by atoms with Crippen LogP contribution in [0.1, 0.15) is 24.4 Å². The molecule has 7 nitrogen and oxygen atoms in total. The molecule has 1 fully saturated rings. The fourth-order valence-electron chi connectivity index (χ4n) is 4.11. The van der Waals surface area contributed by atoms with Gasteiger partial charge in [-0.25, -0.2) is 9.59 Å². The van der Waals surface area contributed by atoms with Crippen molar-refractivity contribution in [2.24, 2.45) is 7.05 Å². The second-order valence-corrected chi connectivity index (χ2v) is 8.38. The van der Waals surface area contributed by atoms with E-state index in [0.717, 1.165) is 15.6 Å². The highest BCUT2D eigenvalue weighted by molar-refractivity contribution is 9.10. The maximum absolute atomic E-state index is 13.5. The van der Waals surface area contributed by atoms with E-state index in [0.29, 0.717) is 24.1 Å². The first-order valence-corrected chi connectivity index (χ1v) is 10.3. The monoisotopic (exact) mass is 459 g/mol. The molecule has 0 bridgehead atoms. The lowest BCUT2D eigenvalue weighted by Gasteiger charge is -2.45. The van der Waals surface area contributed by atoms with Crippen LogP contribution in [0, 0.1) is 5.21 Å². The molecule has 2 heterocycles. The minimum absolute atomic E-state index is 0.0460. The van der Waals surface area contributed by atoms with Crippen molar-refractivity contribution >= 4 is 32.9 Å². The Morgan fingerprint density at radius 2 is 1.90 bits per heavy atom. The van der Waals surface area contributed by atoms with Gasteiger partial charge in [0.2, 0.25) is 0 Å². The lowest BCUT2D eigenvalue weighted by Crippen LogP contribution is -2.55. The van der Waals surface area contributed by atoms with E-state index in [1.165, 1.54) is 9.13 Å². The molecule has 2 aromatic carbocycles. The molecule has 3 aromatic rings. The van der Waals surface area contributed by atoms with Gasteiger partial charge in [-0.15, -0.1) is 0 Å². The number of hydrogen-bond donors (Lipinski definition) is 0. The fourth-order valence-corrected chi connectivity index (χ4v) is 4.45. The number of rotatable bonds is 4. The van der Waals surface area contributed by atoms with Crippen LogP contribution in [0.5, 0.6) is 5.75 Å². The third kappa shape index (κ3) is 3.41. The average molecular weight is 460 g/mol. The molecular formula is C21H22BrN3O4. The van der Waals surface area contributed by atoms with Crippen molar-refractivity contribution in [2.45, 2.75) is 25.4 Å². The molecule has 0 radical (unpaired) electrons. The van der Waals surface area contributed by atoms with Crippen molar-refractivity contribution in [2.75, 3.05) is 13.7 Å². The van der Waals surface area contributed by atoms with Crippen molar-refractivity contribution in [3.8, 4) is 5.75 Å². The van der Waals surface area contributed by atoms with Crippen LogP contribution in [0.2, 0.25) is 0 Å². The lowest BCUT2D eigenvalue weighted by molar-refractivity contribution is -0.823. The van der Waals surface area contributed by atoms with Gasteiger partial charge in [-0.3, -0.25) is 13.8 Å². The molecule has 1 aromatic heterocycles. The van der Waals surface area contributed by atoms with Crippen LogP contribution in [-0.4, -0.2) is 33.3 Å². The number of aromatic nitrogens is 2. The molecular weight excluding hydrogens is 438 g/mol. The summed E-state index contributed by atoms with van der Waals surface area (Å²) in [5.74, 6) is 0.229. The van der Waals surface area contributed by atoms with Crippen LogP contribution in [0.25, 0.3) is 11.0 Å². The van der Waals surface area contributed by atoms with Gasteiger partial charge in [-0.05, 0) is 55.3 Å². The van der Waals surface area contributed by atoms with E-state index < -0.39 is 16.6 Å². The Kier molecular flexibility index (Phi) is 5.10. The summed E-state index contributed by atoms with van der Waals surface area (Å²) in [5.41, 5.74) is 1.87. The Hall–Kier alpha value is -2.42. The molecule has 152 valence electrons. The number of quaternary nitrogens is 1. The number of fused-ring (bicyclic) bond motifs is 1. The van der Waals surface area contributed by atoms with Gasteiger partial charge in [-0.1, -0.05) is 15.9 Å². The molecule has 1 aliphatic rings. The zero-order chi connectivity index (χ0) is 20.8. The van der Waals surface area contributed by atoms with Gasteiger partial charge in [0, 0.05) is 17.1 Å². The van der Waals surface area contributed by atoms with Crippen LogP contribution in [0.3, 0.4) is 0 Å². The average Bonchev–Trinajstić information content (AvgIpc) is 2.95. The second-order valence-electron chi connectivity index (χ2n) is 7.46. The molecule has 2 unspecified atom stereocenters. The van der Waals surface area contributed by atoms with Crippen molar-refractivity contribution < 1.29 is 14.2 Å². The summed E-state index contributed by atoms with van der Waals surface area (Å²) in [7, 11) is 3.26. The number of likely N-dealkylation sites (tertiary alicyclic amines) is 1. The summed E-state index contributed by atoms with van der Waals surface area (Å²) in [5, 5.41) is 13.5. The topological polar surface area (TPSA) is 76.3 Å². The first-order valence-electron chi connectivity index (χ1n) is 9.46. The number of hydrogen-bond acceptors (Lipinski definition) is 4. The quantitative estimate of drug-likeness (QED) is 0.441. The zero-order valence-electron chi connectivity index (χ0n) is 16.3. The number of imidazole rings is 1. The van der Waals surface area contributed by atoms with Gasteiger partial charge < -0.3 is 9.94 Å². The van der Waals surface area contributed by atoms with E-state index in [4.69, 9.17) is 4.74 Å². The molecule has 1 aliphatic heterocycles. The van der Waals surface area contributed by atoms with E-state index in [1.807, 2.05) is 18.2 Å². The number of halogens is 1. The van der Waals surface area contributed by atoms with Gasteiger partial charge in [-0.2, -0.15) is 0 Å². The SMILES string of the molecule is COc1ccc(C[N+]2([O-])CCCC(n3c(=O)n(C)c4cc(Br)ccc43)C2=O)cc1. The molecule has 0 spiro atoms. The number of nitrogens with zero attached hydrogens (tertiary/aromatic N) is 3. The molecule has 0 N–H and O–H groups in total. The third-order valence-corrected chi connectivity index (χ3v) is 6.14. The summed E-state index contributed by atoms with van der Waals surface area (Å²) in [6.45, 7) is 0.261. The molecule has 0 saturated carbocycles. The van der Waals surface area contributed by atoms with Crippen molar-refractivity contribution in [3.63, 3.8) is 0 Å². The predicted molar refractivity (Wildman–Crippen MR) is 113 cm³/mol. The highest BCUT2D eigenvalue weighted by Gasteiger charge is 2.41. The van der Waals surface area contributed by atoms with Crippen molar-refractivity contribution in [3.05, 3.63) is 68.2 Å². The zero-order valence-corrected chi connectivity index (χ0v) is 17.9. The fraction of sp³-hybridized carbons (Fsp3) is 0.333. The Balaban J connectivity index is 1.71. The summed E-state index contributed by atoms with van der Waals surface area (Å²) in [6.07, 6.45) is 1.06. The van der Waals surface area contributed by atoms with E-state index in [2.05, 4.69) is 15.9 Å². The lowest BCUT2D eigenvalue weighted by atomic mass is 10.0. The van der Waals surface area contributed by atoms with E-state index in [9.17, 15) is 14.8 Å². The number of amides is 1. The van der Waals surface area contributed by atoms with Gasteiger partial charge in [0.25, 0.3) is 0 Å². The van der Waals surface area contributed by atoms with Gasteiger partial charge in [0.1, 0.15) is 12.3 Å². The van der Waals surface area contributed by atoms with E-state index >= 15 is 0 Å². The standard InChI is InChI=1S/C21H22BrN3O4/c1-23-19-12-15(22)7-10-17(19)24(21(23)27)18-4-3-11-25(28,20(18)26)13-14-5-8-16(29-2)9-6-14/h5-10,12,18H,3-4,11,13H2,1-2H3. The Labute approximate surface area is 176 Å². The van der Waals surface area contributed by atoms with Gasteiger partial charge >= 0.3 is 11.6 Å². The molecule has 0 aliphatic carbocycles. The number of aryl methyl sites for hydroxylation is 1. The van der Waals surface area contributed by atoms with Crippen LogP contribution in [0.4, 0.5) is 0 Å². The predicted octanol–water partition coefficient (Wildman–Crippen LogP) is 3.49. The number of carbonyl (C=O) groups excluding carboxylic acids is 1. The number of benzene rings is 2. The first kappa shape index (κ1) is 19.9. The van der Waals surface area contributed by atoms with E-state index in [-0.39, 0.29) is 18.8 Å². The highest BCUT2D eigenvalue weighted by Crippen LogP contribution is 2.32. The number of carbonyl (C=O) groups is 1. The van der Waals surface area contributed by atoms with Gasteiger partial charge in [0.15, 0.2) is 6.04 Å². The number of ether oxygens (including phenoxy) is 1. The largest absolute Gasteiger partial charge is 0.625 e. The Morgan fingerprint density at radius 3 is 2.59 bits per heavy atom. The van der Waals surface area contributed by atoms with E-state index in [1.54, 1.807) is 38.4 Å². The molecule has 2 atom stereocenters. The maximum atomic E-state index is 13.5. The van der Waals surface area contributed by atoms with Crippen LogP contribution in [-0.2, 0) is 18.4 Å². The Morgan fingerprint density at radius 1 is 1.17 bits per heavy atom. The minimum Gasteiger partial charge on any atom is -0.625 e. The molecule has 29 heavy (non-hydrogen) atoms. The van der Waals surface area contributed by atoms with Crippen LogP contribution < -0.4 is 10.4 Å². The number of hydroxylamine groups is 3. The van der Waals surface area contributed by atoms with Crippen molar-refractivity contribution in [1.82, 2.24) is 9.13 Å². The molecule has 1 saturated heterocycles. The van der Waals surface area contributed by atoms with Crippen molar-refractivity contribution in [1.29, 1.82) is 0 Å². The van der Waals surface area contributed by atoms with Crippen LogP contribution >= 0.6 is 15.9 Å². The third-order valence-electron chi connectivity index (χ3n) is 5.64. The first-order chi connectivity index (χ1) is 13.8. The number of methoxy groups -OCH3 is 1. The minimum atomic E-state index is -0.962. The molecule has 1 amide bonds. The molecule has 8 heteroatoms. The summed E-state index contributed by atoms with van der Waals surface area (Å²) in [6, 6.07) is 11.9. The Bertz CT molecular complexity index is 1140. The summed E-state index contributed by atoms with van der Waals surface area (Å²) < 4.78 is 8.04.